The van der Waals surface area contributed by atoms with Crippen molar-refractivity contribution in [2.24, 2.45) is 0 Å². The highest BCUT2D eigenvalue weighted by atomic mass is 32.2. The van der Waals surface area contributed by atoms with Crippen LogP contribution >= 0.6 is 0 Å². The minimum absolute atomic E-state index is 0.0307. The van der Waals surface area contributed by atoms with Crippen molar-refractivity contribution < 1.29 is 21.6 Å². The van der Waals surface area contributed by atoms with Crippen molar-refractivity contribution >= 4 is 31.6 Å². The minimum atomic E-state index is -3.67. The molecule has 0 saturated heterocycles. The number of hydrogen-bond donors (Lipinski definition) is 3. The maximum atomic E-state index is 12.4. The molecule has 0 bridgehead atoms. The van der Waals surface area contributed by atoms with Crippen LogP contribution in [-0.4, -0.2) is 35.3 Å². The molecule has 2 rings (SSSR count). The first kappa shape index (κ1) is 22.8. The summed E-state index contributed by atoms with van der Waals surface area (Å²) >= 11 is 0. The fraction of sp³-hybridized carbons (Fsp3) is 0.211. The van der Waals surface area contributed by atoms with Gasteiger partial charge in [-0.2, -0.15) is 0 Å². The van der Waals surface area contributed by atoms with E-state index < -0.39 is 26.0 Å². The molecule has 0 aliphatic carbocycles. The van der Waals surface area contributed by atoms with Gasteiger partial charge < -0.3 is 5.32 Å². The Morgan fingerprint density at radius 1 is 0.931 bits per heavy atom. The number of hydrogen-bond acceptors (Lipinski definition) is 5. The normalized spacial score (nSPS) is 12.0. The van der Waals surface area contributed by atoms with Crippen LogP contribution in [0, 0.1) is 0 Å². The SMILES string of the molecule is C=CCNS(=O)(=O)c1ccc(C(=O)Nc2ccc(S(=O)(=O)NC(C)C)cc2)cc1. The van der Waals surface area contributed by atoms with Gasteiger partial charge in [-0.25, -0.2) is 26.3 Å². The summed E-state index contributed by atoms with van der Waals surface area (Å²) in [6.07, 6.45) is 1.43. The van der Waals surface area contributed by atoms with Crippen molar-refractivity contribution in [3.63, 3.8) is 0 Å². The molecule has 0 aliphatic heterocycles. The van der Waals surface area contributed by atoms with Crippen LogP contribution in [-0.2, 0) is 20.0 Å². The Hall–Kier alpha value is -2.53. The fourth-order valence-corrected chi connectivity index (χ4v) is 4.59. The zero-order chi connectivity index (χ0) is 21.7. The Morgan fingerprint density at radius 3 is 1.97 bits per heavy atom. The van der Waals surface area contributed by atoms with E-state index in [-0.39, 0.29) is 27.9 Å². The van der Waals surface area contributed by atoms with Gasteiger partial charge in [0, 0.05) is 23.8 Å². The monoisotopic (exact) mass is 437 g/mol. The third-order valence-corrected chi connectivity index (χ3v) is 6.77. The Kier molecular flexibility index (Phi) is 7.31. The van der Waals surface area contributed by atoms with Crippen LogP contribution in [0.15, 0.2) is 71.0 Å². The molecular formula is C19H23N3O5S2. The number of benzene rings is 2. The van der Waals surface area contributed by atoms with Crippen molar-refractivity contribution in [1.29, 1.82) is 0 Å². The van der Waals surface area contributed by atoms with Crippen molar-refractivity contribution in [1.82, 2.24) is 9.44 Å². The average Bonchev–Trinajstić information content (AvgIpc) is 2.66. The lowest BCUT2D eigenvalue weighted by Gasteiger charge is -2.11. The molecule has 0 atom stereocenters. The maximum Gasteiger partial charge on any atom is 0.255 e. The van der Waals surface area contributed by atoms with Gasteiger partial charge in [-0.05, 0) is 62.4 Å². The molecule has 0 saturated carbocycles. The molecule has 0 radical (unpaired) electrons. The Balaban J connectivity index is 2.10. The summed E-state index contributed by atoms with van der Waals surface area (Å²) in [6, 6.07) is 10.9. The summed E-state index contributed by atoms with van der Waals surface area (Å²) < 4.78 is 53.1. The van der Waals surface area contributed by atoms with Crippen molar-refractivity contribution in [3.05, 3.63) is 66.7 Å². The van der Waals surface area contributed by atoms with E-state index in [2.05, 4.69) is 21.3 Å². The molecule has 10 heteroatoms. The predicted octanol–water partition coefficient (Wildman–Crippen LogP) is 2.09. The molecule has 0 unspecified atom stereocenters. The average molecular weight is 438 g/mol. The van der Waals surface area contributed by atoms with Crippen LogP contribution in [0.4, 0.5) is 5.69 Å². The van der Waals surface area contributed by atoms with Crippen molar-refractivity contribution in [3.8, 4) is 0 Å². The molecule has 2 aromatic rings. The summed E-state index contributed by atoms with van der Waals surface area (Å²) in [7, 11) is -7.28. The van der Waals surface area contributed by atoms with Crippen LogP contribution in [0.2, 0.25) is 0 Å². The third-order valence-electron chi connectivity index (χ3n) is 3.66. The van der Waals surface area contributed by atoms with E-state index in [1.54, 1.807) is 13.8 Å². The fourth-order valence-electron chi connectivity index (χ4n) is 2.34. The molecule has 0 spiro atoms. The number of amides is 1. The molecule has 2 aromatic carbocycles. The van der Waals surface area contributed by atoms with Crippen LogP contribution in [0.5, 0.6) is 0 Å². The van der Waals surface area contributed by atoms with Crippen LogP contribution in [0.3, 0.4) is 0 Å². The highest BCUT2D eigenvalue weighted by molar-refractivity contribution is 7.89. The first-order valence-corrected chi connectivity index (χ1v) is 11.7. The zero-order valence-corrected chi connectivity index (χ0v) is 17.7. The molecule has 0 heterocycles. The second kappa shape index (κ2) is 9.31. The Bertz CT molecular complexity index is 1080. The summed E-state index contributed by atoms with van der Waals surface area (Å²) in [6.45, 7) is 6.99. The number of carbonyl (C=O) groups is 1. The number of carbonyl (C=O) groups excluding carboxylic acids is 1. The van der Waals surface area contributed by atoms with Gasteiger partial charge in [0.15, 0.2) is 0 Å². The van der Waals surface area contributed by atoms with E-state index in [0.717, 1.165) is 0 Å². The largest absolute Gasteiger partial charge is 0.322 e. The van der Waals surface area contributed by atoms with E-state index in [4.69, 9.17) is 0 Å². The zero-order valence-electron chi connectivity index (χ0n) is 16.0. The molecule has 3 N–H and O–H groups in total. The molecule has 8 nitrogen and oxygen atoms in total. The van der Waals surface area contributed by atoms with Gasteiger partial charge in [0.2, 0.25) is 20.0 Å². The molecule has 29 heavy (non-hydrogen) atoms. The second-order valence-electron chi connectivity index (χ2n) is 6.42. The van der Waals surface area contributed by atoms with E-state index in [1.165, 1.54) is 54.6 Å². The second-order valence-corrected chi connectivity index (χ2v) is 9.90. The molecule has 0 aromatic heterocycles. The standard InChI is InChI=1S/C19H23N3O5S2/c1-4-13-20-28(24,25)17-9-5-15(6-10-17)19(23)21-16-7-11-18(12-8-16)29(26,27)22-14(2)3/h4-12,14,20,22H,1,13H2,2-3H3,(H,21,23). The molecular weight excluding hydrogens is 414 g/mol. The lowest BCUT2D eigenvalue weighted by molar-refractivity contribution is 0.102. The van der Waals surface area contributed by atoms with Crippen LogP contribution in [0.1, 0.15) is 24.2 Å². The minimum Gasteiger partial charge on any atom is -0.322 e. The number of rotatable bonds is 9. The van der Waals surface area contributed by atoms with E-state index in [0.29, 0.717) is 5.69 Å². The Labute approximate surface area is 171 Å². The predicted molar refractivity (Wildman–Crippen MR) is 112 cm³/mol. The summed E-state index contributed by atoms with van der Waals surface area (Å²) in [5.41, 5.74) is 0.661. The van der Waals surface area contributed by atoms with Crippen LogP contribution in [0.25, 0.3) is 0 Å². The molecule has 1 amide bonds. The van der Waals surface area contributed by atoms with Gasteiger partial charge in [-0.3, -0.25) is 4.79 Å². The van der Waals surface area contributed by atoms with Crippen molar-refractivity contribution in [2.75, 3.05) is 11.9 Å². The molecule has 0 aliphatic rings. The number of anilines is 1. The van der Waals surface area contributed by atoms with Crippen molar-refractivity contribution in [2.45, 2.75) is 29.7 Å². The van der Waals surface area contributed by atoms with Gasteiger partial charge >= 0.3 is 0 Å². The van der Waals surface area contributed by atoms with Gasteiger partial charge in [-0.1, -0.05) is 6.08 Å². The van der Waals surface area contributed by atoms with Gasteiger partial charge in [-0.15, -0.1) is 6.58 Å². The lowest BCUT2D eigenvalue weighted by atomic mass is 10.2. The smallest absolute Gasteiger partial charge is 0.255 e. The number of sulfonamides is 2. The molecule has 0 fully saturated rings. The van der Waals surface area contributed by atoms with E-state index >= 15 is 0 Å². The van der Waals surface area contributed by atoms with Gasteiger partial charge in [0.1, 0.15) is 0 Å². The van der Waals surface area contributed by atoms with Gasteiger partial charge in [0.05, 0.1) is 9.79 Å². The van der Waals surface area contributed by atoms with Gasteiger partial charge in [0.25, 0.3) is 5.91 Å². The quantitative estimate of drug-likeness (QED) is 0.519. The highest BCUT2D eigenvalue weighted by Gasteiger charge is 2.16. The first-order chi connectivity index (χ1) is 13.5. The lowest BCUT2D eigenvalue weighted by Crippen LogP contribution is -2.30. The maximum absolute atomic E-state index is 12.4. The summed E-state index contributed by atoms with van der Waals surface area (Å²) in [4.78, 5) is 12.5. The topological polar surface area (TPSA) is 121 Å². The third kappa shape index (κ3) is 6.23. The van der Waals surface area contributed by atoms with E-state index in [9.17, 15) is 21.6 Å². The Morgan fingerprint density at radius 2 is 1.45 bits per heavy atom. The summed E-state index contributed by atoms with van der Waals surface area (Å²) in [5.74, 6) is -0.455. The highest BCUT2D eigenvalue weighted by Crippen LogP contribution is 2.16. The van der Waals surface area contributed by atoms with E-state index in [1.807, 2.05) is 0 Å². The number of nitrogens with one attached hydrogen (secondary N) is 3. The van der Waals surface area contributed by atoms with Crippen LogP contribution < -0.4 is 14.8 Å². The molecule has 156 valence electrons. The summed E-state index contributed by atoms with van der Waals surface area (Å²) in [5, 5.41) is 2.64. The first-order valence-electron chi connectivity index (χ1n) is 8.69.